The highest BCUT2D eigenvalue weighted by atomic mass is 32.2. The van der Waals surface area contributed by atoms with Crippen LogP contribution in [0.25, 0.3) is 11.4 Å². The lowest BCUT2D eigenvalue weighted by Gasteiger charge is -2.25. The fraction of sp³-hybridized carbons (Fsp3) is 0.409. The average Bonchev–Trinajstić information content (AvgIpc) is 3.17. The number of thioether (sulfide) groups is 1. The summed E-state index contributed by atoms with van der Waals surface area (Å²) < 4.78 is 2.27. The first kappa shape index (κ1) is 19.2. The molecule has 0 bridgehead atoms. The minimum Gasteiger partial charge on any atom is -0.303 e. The van der Waals surface area contributed by atoms with Crippen molar-refractivity contribution in [3.8, 4) is 11.4 Å². The van der Waals surface area contributed by atoms with Gasteiger partial charge in [-0.25, -0.2) is 0 Å². The standard InChI is InChI=1S/C22H27N5S/c1-3-7-19(8-4-1)11-16-27-21(20-9-12-23-13-10-20)24-25-22(27)28-18-17-26-14-5-2-6-15-26/h1,3-4,7-10,12-13H,2,5-6,11,14-18H2. The molecule has 1 aromatic carbocycles. The fourth-order valence-electron chi connectivity index (χ4n) is 3.65. The van der Waals surface area contributed by atoms with Gasteiger partial charge in [0.15, 0.2) is 11.0 Å². The number of aromatic nitrogens is 4. The second-order valence-corrected chi connectivity index (χ2v) is 8.24. The Kier molecular flexibility index (Phi) is 6.73. The highest BCUT2D eigenvalue weighted by Crippen LogP contribution is 2.24. The molecule has 28 heavy (non-hydrogen) atoms. The van der Waals surface area contributed by atoms with Crippen LogP contribution < -0.4 is 0 Å². The SMILES string of the molecule is c1ccc(CCn2c(SCCN3CCCCC3)nnc2-c2ccncc2)cc1. The Morgan fingerprint density at radius 3 is 2.43 bits per heavy atom. The number of likely N-dealkylation sites (tertiary alicyclic amines) is 1. The van der Waals surface area contributed by atoms with E-state index in [-0.39, 0.29) is 0 Å². The first-order valence-electron chi connectivity index (χ1n) is 10.1. The number of nitrogens with zero attached hydrogens (tertiary/aromatic N) is 5. The number of pyridine rings is 1. The lowest BCUT2D eigenvalue weighted by atomic mass is 10.1. The van der Waals surface area contributed by atoms with Crippen molar-refractivity contribution in [1.29, 1.82) is 0 Å². The third-order valence-corrected chi connectivity index (χ3v) is 6.16. The van der Waals surface area contributed by atoms with Crippen LogP contribution in [0.3, 0.4) is 0 Å². The number of piperidine rings is 1. The monoisotopic (exact) mass is 393 g/mol. The predicted molar refractivity (Wildman–Crippen MR) is 114 cm³/mol. The van der Waals surface area contributed by atoms with E-state index in [0.717, 1.165) is 41.8 Å². The molecule has 3 heterocycles. The van der Waals surface area contributed by atoms with Crippen molar-refractivity contribution in [3.05, 3.63) is 60.4 Å². The molecule has 0 saturated carbocycles. The molecule has 1 fully saturated rings. The van der Waals surface area contributed by atoms with Crippen LogP contribution in [0.15, 0.2) is 60.0 Å². The molecule has 0 N–H and O–H groups in total. The molecule has 1 aliphatic rings. The molecule has 1 saturated heterocycles. The first-order valence-corrected chi connectivity index (χ1v) is 11.1. The van der Waals surface area contributed by atoms with Crippen LogP contribution in [0.2, 0.25) is 0 Å². The van der Waals surface area contributed by atoms with Gasteiger partial charge in [0.2, 0.25) is 0 Å². The normalized spacial score (nSPS) is 15.0. The smallest absolute Gasteiger partial charge is 0.191 e. The Balaban J connectivity index is 1.47. The Morgan fingerprint density at radius 1 is 0.857 bits per heavy atom. The van der Waals surface area contributed by atoms with Crippen molar-refractivity contribution < 1.29 is 0 Å². The summed E-state index contributed by atoms with van der Waals surface area (Å²) in [7, 11) is 0. The van der Waals surface area contributed by atoms with Crippen LogP contribution in [0.4, 0.5) is 0 Å². The van der Waals surface area contributed by atoms with Gasteiger partial charge < -0.3 is 9.47 Å². The molecule has 5 nitrogen and oxygen atoms in total. The molecular weight excluding hydrogens is 366 g/mol. The second kappa shape index (κ2) is 9.85. The molecule has 0 unspecified atom stereocenters. The van der Waals surface area contributed by atoms with Crippen LogP contribution in [-0.4, -0.2) is 50.0 Å². The van der Waals surface area contributed by atoms with Crippen LogP contribution in [-0.2, 0) is 13.0 Å². The van der Waals surface area contributed by atoms with Crippen molar-refractivity contribution in [1.82, 2.24) is 24.6 Å². The lowest BCUT2D eigenvalue weighted by molar-refractivity contribution is 0.242. The molecule has 4 rings (SSSR count). The second-order valence-electron chi connectivity index (χ2n) is 7.18. The third-order valence-electron chi connectivity index (χ3n) is 5.21. The highest BCUT2D eigenvalue weighted by molar-refractivity contribution is 7.99. The van der Waals surface area contributed by atoms with Gasteiger partial charge in [-0.2, -0.15) is 0 Å². The molecule has 6 heteroatoms. The molecule has 1 aliphatic heterocycles. The summed E-state index contributed by atoms with van der Waals surface area (Å²) in [5.41, 5.74) is 2.40. The summed E-state index contributed by atoms with van der Waals surface area (Å²) >= 11 is 1.82. The molecule has 3 aromatic rings. The number of hydrogen-bond donors (Lipinski definition) is 0. The van der Waals surface area contributed by atoms with E-state index in [0.29, 0.717) is 0 Å². The summed E-state index contributed by atoms with van der Waals surface area (Å²) in [6.07, 6.45) is 8.65. The van der Waals surface area contributed by atoms with Crippen LogP contribution in [0.1, 0.15) is 24.8 Å². The Labute approximate surface area is 171 Å². The van der Waals surface area contributed by atoms with Gasteiger partial charge in [0, 0.05) is 36.8 Å². The van der Waals surface area contributed by atoms with E-state index < -0.39 is 0 Å². The third kappa shape index (κ3) is 5.00. The lowest BCUT2D eigenvalue weighted by Crippen LogP contribution is -2.31. The highest BCUT2D eigenvalue weighted by Gasteiger charge is 2.15. The van der Waals surface area contributed by atoms with Gasteiger partial charge in [0.1, 0.15) is 0 Å². The van der Waals surface area contributed by atoms with Crippen LogP contribution in [0.5, 0.6) is 0 Å². The Hall–Kier alpha value is -2.18. The van der Waals surface area contributed by atoms with Gasteiger partial charge in [-0.15, -0.1) is 10.2 Å². The summed E-state index contributed by atoms with van der Waals surface area (Å²) in [5, 5.41) is 10.1. The number of rotatable bonds is 8. The van der Waals surface area contributed by atoms with Crippen molar-refractivity contribution >= 4 is 11.8 Å². The van der Waals surface area contributed by atoms with Gasteiger partial charge in [-0.1, -0.05) is 48.5 Å². The van der Waals surface area contributed by atoms with Crippen molar-refractivity contribution in [2.75, 3.05) is 25.4 Å². The molecule has 0 spiro atoms. The molecule has 2 aromatic heterocycles. The minimum atomic E-state index is 0.876. The maximum Gasteiger partial charge on any atom is 0.191 e. The van der Waals surface area contributed by atoms with E-state index in [1.165, 1.54) is 37.9 Å². The number of hydrogen-bond acceptors (Lipinski definition) is 5. The topological polar surface area (TPSA) is 46.8 Å². The van der Waals surface area contributed by atoms with E-state index in [1.807, 2.05) is 36.3 Å². The maximum atomic E-state index is 4.52. The number of aryl methyl sites for hydroxylation is 1. The number of benzene rings is 1. The Bertz CT molecular complexity index is 844. The Morgan fingerprint density at radius 2 is 1.64 bits per heavy atom. The van der Waals surface area contributed by atoms with Gasteiger partial charge in [0.05, 0.1) is 0 Å². The minimum absolute atomic E-state index is 0.876. The molecule has 0 amide bonds. The van der Waals surface area contributed by atoms with Crippen LogP contribution in [0, 0.1) is 0 Å². The zero-order valence-electron chi connectivity index (χ0n) is 16.2. The van der Waals surface area contributed by atoms with E-state index >= 15 is 0 Å². The zero-order chi connectivity index (χ0) is 19.0. The van der Waals surface area contributed by atoms with Crippen molar-refractivity contribution in [2.24, 2.45) is 0 Å². The van der Waals surface area contributed by atoms with E-state index in [4.69, 9.17) is 0 Å². The van der Waals surface area contributed by atoms with Gasteiger partial charge in [0.25, 0.3) is 0 Å². The van der Waals surface area contributed by atoms with E-state index in [1.54, 1.807) is 0 Å². The van der Waals surface area contributed by atoms with E-state index in [9.17, 15) is 0 Å². The van der Waals surface area contributed by atoms with Gasteiger partial charge in [-0.3, -0.25) is 4.98 Å². The van der Waals surface area contributed by atoms with E-state index in [2.05, 4.69) is 55.0 Å². The van der Waals surface area contributed by atoms with Crippen LogP contribution >= 0.6 is 11.8 Å². The fourth-order valence-corrected chi connectivity index (χ4v) is 4.61. The maximum absolute atomic E-state index is 4.52. The molecule has 0 atom stereocenters. The largest absolute Gasteiger partial charge is 0.303 e. The van der Waals surface area contributed by atoms with Crippen molar-refractivity contribution in [2.45, 2.75) is 37.4 Å². The van der Waals surface area contributed by atoms with Crippen molar-refractivity contribution in [3.63, 3.8) is 0 Å². The summed E-state index contributed by atoms with van der Waals surface area (Å²) in [4.78, 5) is 6.71. The predicted octanol–water partition coefficient (Wildman–Crippen LogP) is 4.16. The summed E-state index contributed by atoms with van der Waals surface area (Å²) in [5.74, 6) is 1.98. The zero-order valence-corrected chi connectivity index (χ0v) is 17.0. The quantitative estimate of drug-likeness (QED) is 0.538. The van der Waals surface area contributed by atoms with Gasteiger partial charge >= 0.3 is 0 Å². The van der Waals surface area contributed by atoms with Gasteiger partial charge in [-0.05, 0) is 50.0 Å². The molecule has 146 valence electrons. The molecule has 0 radical (unpaired) electrons. The average molecular weight is 394 g/mol. The molecule has 0 aliphatic carbocycles. The summed E-state index contributed by atoms with van der Waals surface area (Å²) in [6, 6.07) is 14.6. The first-order chi connectivity index (χ1) is 13.9. The molecular formula is C22H27N5S. The summed E-state index contributed by atoms with van der Waals surface area (Å²) in [6.45, 7) is 4.48.